The van der Waals surface area contributed by atoms with Gasteiger partial charge in [-0.2, -0.15) is 0 Å². The molecule has 0 aliphatic rings. The van der Waals surface area contributed by atoms with Crippen molar-refractivity contribution in [1.29, 1.82) is 0 Å². The van der Waals surface area contributed by atoms with Gasteiger partial charge in [-0.25, -0.2) is 9.97 Å². The van der Waals surface area contributed by atoms with Crippen LogP contribution in [0.3, 0.4) is 0 Å². The third kappa shape index (κ3) is 3.13. The quantitative estimate of drug-likeness (QED) is 0.558. The van der Waals surface area contributed by atoms with E-state index in [0.29, 0.717) is 0 Å². The lowest BCUT2D eigenvalue weighted by Crippen LogP contribution is -2.35. The van der Waals surface area contributed by atoms with Crippen LogP contribution in [-0.4, -0.2) is 32.1 Å². The average molecular weight is 212 g/mol. The fraction of sp³-hybridized carbons (Fsp3) is 0.500. The molecular formula is C8H12N4O3. The van der Waals surface area contributed by atoms with Gasteiger partial charge < -0.3 is 10.4 Å². The van der Waals surface area contributed by atoms with Crippen molar-refractivity contribution in [3.8, 4) is 0 Å². The first-order chi connectivity index (χ1) is 6.94. The zero-order chi connectivity index (χ0) is 11.5. The van der Waals surface area contributed by atoms with E-state index in [1.165, 1.54) is 0 Å². The molecule has 0 aromatic carbocycles. The number of anilines is 1. The second-order valence-corrected chi connectivity index (χ2v) is 3.69. The molecule has 0 atom stereocenters. The van der Waals surface area contributed by atoms with Gasteiger partial charge in [0.05, 0.1) is 17.1 Å². The van der Waals surface area contributed by atoms with Crippen LogP contribution in [0.1, 0.15) is 13.8 Å². The molecule has 15 heavy (non-hydrogen) atoms. The number of hydrogen-bond donors (Lipinski definition) is 2. The van der Waals surface area contributed by atoms with Crippen molar-refractivity contribution >= 4 is 11.6 Å². The van der Waals surface area contributed by atoms with Gasteiger partial charge in [0.15, 0.2) is 0 Å². The SMILES string of the molecule is CC(C)(CO)Nc1ncc([N+](=O)[O-])cn1. The molecule has 0 saturated heterocycles. The van der Waals surface area contributed by atoms with Gasteiger partial charge in [0.2, 0.25) is 5.95 Å². The van der Waals surface area contributed by atoms with Gasteiger partial charge in [-0.3, -0.25) is 10.1 Å². The Morgan fingerprint density at radius 2 is 2.07 bits per heavy atom. The summed E-state index contributed by atoms with van der Waals surface area (Å²) in [4.78, 5) is 17.3. The molecule has 1 heterocycles. The molecule has 0 spiro atoms. The van der Waals surface area contributed by atoms with E-state index in [4.69, 9.17) is 5.11 Å². The second-order valence-electron chi connectivity index (χ2n) is 3.69. The van der Waals surface area contributed by atoms with Crippen molar-refractivity contribution in [2.75, 3.05) is 11.9 Å². The van der Waals surface area contributed by atoms with Gasteiger partial charge in [-0.1, -0.05) is 0 Å². The van der Waals surface area contributed by atoms with E-state index in [9.17, 15) is 10.1 Å². The fourth-order valence-electron chi connectivity index (χ4n) is 0.822. The van der Waals surface area contributed by atoms with Crippen molar-refractivity contribution in [1.82, 2.24) is 9.97 Å². The van der Waals surface area contributed by atoms with Crippen molar-refractivity contribution in [3.63, 3.8) is 0 Å². The zero-order valence-electron chi connectivity index (χ0n) is 8.47. The average Bonchev–Trinajstić information content (AvgIpc) is 2.18. The molecule has 1 aromatic rings. The molecule has 0 fully saturated rings. The topological polar surface area (TPSA) is 101 Å². The van der Waals surface area contributed by atoms with E-state index < -0.39 is 10.5 Å². The van der Waals surface area contributed by atoms with E-state index in [0.717, 1.165) is 12.4 Å². The molecule has 1 aromatic heterocycles. The third-order valence-electron chi connectivity index (χ3n) is 1.69. The smallest absolute Gasteiger partial charge is 0.305 e. The number of aliphatic hydroxyl groups excluding tert-OH is 1. The first kappa shape index (κ1) is 11.3. The summed E-state index contributed by atoms with van der Waals surface area (Å²) in [5.74, 6) is 0.250. The molecule has 0 aliphatic heterocycles. The molecule has 7 nitrogen and oxygen atoms in total. The van der Waals surface area contributed by atoms with Crippen LogP contribution in [-0.2, 0) is 0 Å². The largest absolute Gasteiger partial charge is 0.394 e. The number of nitrogens with one attached hydrogen (secondary N) is 1. The van der Waals surface area contributed by atoms with Gasteiger partial charge in [0.25, 0.3) is 0 Å². The molecule has 0 aliphatic carbocycles. The number of aliphatic hydroxyl groups is 1. The molecule has 0 unspecified atom stereocenters. The van der Waals surface area contributed by atoms with Crippen LogP contribution in [0.4, 0.5) is 11.6 Å². The normalized spacial score (nSPS) is 11.1. The first-order valence-electron chi connectivity index (χ1n) is 4.30. The zero-order valence-corrected chi connectivity index (χ0v) is 8.47. The first-order valence-corrected chi connectivity index (χ1v) is 4.30. The molecule has 1 rings (SSSR count). The molecule has 0 bridgehead atoms. The van der Waals surface area contributed by atoms with Crippen LogP contribution in [0, 0.1) is 10.1 Å². The molecule has 0 saturated carbocycles. The van der Waals surface area contributed by atoms with Gasteiger partial charge in [-0.05, 0) is 13.8 Å². The summed E-state index contributed by atoms with van der Waals surface area (Å²) < 4.78 is 0. The summed E-state index contributed by atoms with van der Waals surface area (Å²) in [7, 11) is 0. The summed E-state index contributed by atoms with van der Waals surface area (Å²) >= 11 is 0. The predicted molar refractivity (Wildman–Crippen MR) is 53.5 cm³/mol. The number of hydrogen-bond acceptors (Lipinski definition) is 6. The highest BCUT2D eigenvalue weighted by Gasteiger charge is 2.17. The fourth-order valence-corrected chi connectivity index (χ4v) is 0.822. The van der Waals surface area contributed by atoms with Gasteiger partial charge in [-0.15, -0.1) is 0 Å². The highest BCUT2D eigenvalue weighted by Crippen LogP contribution is 2.12. The van der Waals surface area contributed by atoms with Crippen LogP contribution < -0.4 is 5.32 Å². The number of rotatable bonds is 4. The molecule has 0 amide bonds. The Bertz CT molecular complexity index is 349. The molecule has 0 radical (unpaired) electrons. The Balaban J connectivity index is 2.77. The standard InChI is InChI=1S/C8H12N4O3/c1-8(2,5-13)11-7-9-3-6(4-10-7)12(14)15/h3-4,13H,5H2,1-2H3,(H,9,10,11). The maximum Gasteiger partial charge on any atom is 0.305 e. The minimum absolute atomic E-state index is 0.0899. The molecule has 7 heteroatoms. The van der Waals surface area contributed by atoms with E-state index in [1.807, 2.05) is 0 Å². The Kier molecular flexibility index (Phi) is 3.15. The van der Waals surface area contributed by atoms with E-state index in [-0.39, 0.29) is 18.2 Å². The van der Waals surface area contributed by atoms with Crippen LogP contribution in [0.2, 0.25) is 0 Å². The van der Waals surface area contributed by atoms with Crippen LogP contribution in [0.5, 0.6) is 0 Å². The van der Waals surface area contributed by atoms with Crippen LogP contribution in [0.15, 0.2) is 12.4 Å². The third-order valence-corrected chi connectivity index (χ3v) is 1.69. The lowest BCUT2D eigenvalue weighted by molar-refractivity contribution is -0.385. The highest BCUT2D eigenvalue weighted by molar-refractivity contribution is 5.32. The van der Waals surface area contributed by atoms with Crippen molar-refractivity contribution in [2.45, 2.75) is 19.4 Å². The lowest BCUT2D eigenvalue weighted by atomic mass is 10.1. The Labute approximate surface area is 86.3 Å². The highest BCUT2D eigenvalue weighted by atomic mass is 16.6. The van der Waals surface area contributed by atoms with Gasteiger partial charge in [0, 0.05) is 0 Å². The maximum atomic E-state index is 10.3. The van der Waals surface area contributed by atoms with E-state index >= 15 is 0 Å². The second kappa shape index (κ2) is 4.18. The maximum absolute atomic E-state index is 10.3. The van der Waals surface area contributed by atoms with Gasteiger partial charge in [0.1, 0.15) is 12.4 Å². The summed E-state index contributed by atoms with van der Waals surface area (Å²) in [6.45, 7) is 3.43. The number of nitrogens with zero attached hydrogens (tertiary/aromatic N) is 3. The molecular weight excluding hydrogens is 200 g/mol. The monoisotopic (exact) mass is 212 g/mol. The Hall–Kier alpha value is -1.76. The molecule has 2 N–H and O–H groups in total. The Morgan fingerprint density at radius 3 is 2.47 bits per heavy atom. The minimum atomic E-state index is -0.568. The Morgan fingerprint density at radius 1 is 1.53 bits per heavy atom. The van der Waals surface area contributed by atoms with Crippen molar-refractivity contribution in [3.05, 3.63) is 22.5 Å². The van der Waals surface area contributed by atoms with Crippen molar-refractivity contribution in [2.24, 2.45) is 0 Å². The summed E-state index contributed by atoms with van der Waals surface area (Å²) in [5, 5.41) is 22.1. The number of aromatic nitrogens is 2. The molecule has 82 valence electrons. The predicted octanol–water partition coefficient (Wildman–Crippen LogP) is 0.568. The summed E-state index contributed by atoms with van der Waals surface area (Å²) in [6.07, 6.45) is 2.23. The van der Waals surface area contributed by atoms with Crippen molar-refractivity contribution < 1.29 is 10.0 Å². The number of nitro groups is 1. The van der Waals surface area contributed by atoms with Crippen LogP contribution in [0.25, 0.3) is 0 Å². The summed E-state index contributed by atoms with van der Waals surface area (Å²) in [5.41, 5.74) is -0.724. The van der Waals surface area contributed by atoms with Crippen LogP contribution >= 0.6 is 0 Å². The summed E-state index contributed by atoms with van der Waals surface area (Å²) in [6, 6.07) is 0. The van der Waals surface area contributed by atoms with E-state index in [1.54, 1.807) is 13.8 Å². The van der Waals surface area contributed by atoms with E-state index in [2.05, 4.69) is 15.3 Å². The minimum Gasteiger partial charge on any atom is -0.394 e. The lowest BCUT2D eigenvalue weighted by Gasteiger charge is -2.22. The van der Waals surface area contributed by atoms with Gasteiger partial charge >= 0.3 is 5.69 Å².